The van der Waals surface area contributed by atoms with E-state index in [1.165, 1.54) is 49.6 Å². The zero-order valence-corrected chi connectivity index (χ0v) is 18.0. The molecule has 11 heteroatoms. The van der Waals surface area contributed by atoms with Crippen LogP contribution in [-0.4, -0.2) is 31.0 Å². The van der Waals surface area contributed by atoms with Crippen molar-refractivity contribution in [1.29, 1.82) is 10.8 Å². The molecule has 0 bridgehead atoms. The first-order chi connectivity index (χ1) is 16.2. The number of hydrogen-bond donors (Lipinski definition) is 6. The van der Waals surface area contributed by atoms with Gasteiger partial charge in [-0.25, -0.2) is 9.59 Å². The molecule has 3 aromatic carbocycles. The summed E-state index contributed by atoms with van der Waals surface area (Å²) in [5.41, 5.74) is 12.2. The van der Waals surface area contributed by atoms with Crippen LogP contribution in [0.3, 0.4) is 0 Å². The first-order valence-electron chi connectivity index (χ1n) is 9.79. The van der Waals surface area contributed by atoms with Crippen LogP contribution in [0.2, 0.25) is 0 Å². The maximum atomic E-state index is 12.5. The number of benzene rings is 3. The van der Waals surface area contributed by atoms with E-state index in [0.717, 1.165) is 0 Å². The smallest absolute Gasteiger partial charge is 0.343 e. The Bertz CT molecular complexity index is 1130. The Morgan fingerprint density at radius 1 is 0.676 bits per heavy atom. The second-order valence-corrected chi connectivity index (χ2v) is 6.86. The number of guanidine groups is 2. The second kappa shape index (κ2) is 10.5. The lowest BCUT2D eigenvalue weighted by Gasteiger charge is -2.11. The monoisotopic (exact) mass is 462 g/mol. The molecule has 0 aliphatic heterocycles. The quantitative estimate of drug-likeness (QED) is 0.133. The van der Waals surface area contributed by atoms with Crippen molar-refractivity contribution in [2.24, 2.45) is 11.5 Å². The van der Waals surface area contributed by atoms with Gasteiger partial charge in [-0.3, -0.25) is 10.8 Å². The van der Waals surface area contributed by atoms with Crippen LogP contribution in [0.25, 0.3) is 0 Å². The number of rotatable bonds is 7. The van der Waals surface area contributed by atoms with Crippen LogP contribution in [-0.2, 0) is 0 Å². The van der Waals surface area contributed by atoms with E-state index in [0.29, 0.717) is 17.1 Å². The van der Waals surface area contributed by atoms with E-state index in [1.54, 1.807) is 24.3 Å². The van der Waals surface area contributed by atoms with Gasteiger partial charge in [0.05, 0.1) is 18.2 Å². The summed E-state index contributed by atoms with van der Waals surface area (Å²) >= 11 is 0. The van der Waals surface area contributed by atoms with Crippen LogP contribution in [0.15, 0.2) is 66.7 Å². The van der Waals surface area contributed by atoms with Crippen molar-refractivity contribution in [2.75, 3.05) is 17.7 Å². The van der Waals surface area contributed by atoms with Crippen LogP contribution in [0, 0.1) is 10.8 Å². The minimum atomic E-state index is -0.645. The lowest BCUT2D eigenvalue weighted by molar-refractivity contribution is 0.0732. The molecular weight excluding hydrogens is 440 g/mol. The van der Waals surface area contributed by atoms with Gasteiger partial charge in [-0.2, -0.15) is 0 Å². The van der Waals surface area contributed by atoms with Crippen molar-refractivity contribution in [3.8, 4) is 17.2 Å². The Morgan fingerprint density at radius 2 is 1.03 bits per heavy atom. The Hall–Kier alpha value is -5.06. The van der Waals surface area contributed by atoms with Crippen LogP contribution in [0.5, 0.6) is 17.2 Å². The SMILES string of the molecule is COc1cc(OC(=O)c2ccc(NC(=N)N)cc2)cc(OC(=O)c2ccc(NC(=N)N)cc2)c1. The van der Waals surface area contributed by atoms with E-state index in [2.05, 4.69) is 10.6 Å². The lowest BCUT2D eigenvalue weighted by atomic mass is 10.2. The van der Waals surface area contributed by atoms with E-state index in [1.807, 2.05) is 0 Å². The molecule has 0 saturated carbocycles. The summed E-state index contributed by atoms with van der Waals surface area (Å²) in [6.45, 7) is 0. The molecule has 0 aliphatic carbocycles. The Morgan fingerprint density at radius 3 is 1.35 bits per heavy atom. The van der Waals surface area contributed by atoms with Crippen molar-refractivity contribution in [1.82, 2.24) is 0 Å². The van der Waals surface area contributed by atoms with Gasteiger partial charge in [0, 0.05) is 29.6 Å². The molecule has 11 nitrogen and oxygen atoms in total. The minimum Gasteiger partial charge on any atom is -0.496 e. The Balaban J connectivity index is 1.72. The largest absolute Gasteiger partial charge is 0.496 e. The number of hydrogen-bond acceptors (Lipinski definition) is 7. The van der Waals surface area contributed by atoms with Gasteiger partial charge in [0.1, 0.15) is 17.2 Å². The fourth-order valence-electron chi connectivity index (χ4n) is 2.80. The molecule has 3 aromatic rings. The van der Waals surface area contributed by atoms with E-state index in [4.69, 9.17) is 36.5 Å². The molecular formula is C23H22N6O5. The van der Waals surface area contributed by atoms with Crippen LogP contribution < -0.4 is 36.3 Å². The number of methoxy groups -OCH3 is 1. The number of anilines is 2. The third kappa shape index (κ3) is 6.47. The second-order valence-electron chi connectivity index (χ2n) is 6.86. The van der Waals surface area contributed by atoms with Crippen molar-refractivity contribution in [2.45, 2.75) is 0 Å². The number of nitrogens with two attached hydrogens (primary N) is 2. The summed E-state index contributed by atoms with van der Waals surface area (Å²) in [4.78, 5) is 25.0. The molecule has 0 fully saturated rings. The van der Waals surface area contributed by atoms with E-state index in [9.17, 15) is 9.59 Å². The predicted molar refractivity (Wildman–Crippen MR) is 127 cm³/mol. The molecule has 0 heterocycles. The maximum absolute atomic E-state index is 12.5. The summed E-state index contributed by atoms with van der Waals surface area (Å²) in [5.74, 6) is -1.20. The third-order valence-electron chi connectivity index (χ3n) is 4.31. The number of nitrogens with one attached hydrogen (secondary N) is 4. The summed E-state index contributed by atoms with van der Waals surface area (Å²) in [7, 11) is 1.42. The molecule has 174 valence electrons. The highest BCUT2D eigenvalue weighted by molar-refractivity contribution is 5.94. The summed E-state index contributed by atoms with van der Waals surface area (Å²) in [6, 6.07) is 16.7. The van der Waals surface area contributed by atoms with Gasteiger partial charge < -0.3 is 36.3 Å². The first-order valence-corrected chi connectivity index (χ1v) is 9.79. The van der Waals surface area contributed by atoms with Crippen molar-refractivity contribution in [3.05, 3.63) is 77.9 Å². The number of ether oxygens (including phenoxy) is 3. The van der Waals surface area contributed by atoms with Gasteiger partial charge in [0.25, 0.3) is 0 Å². The lowest BCUT2D eigenvalue weighted by Crippen LogP contribution is -2.20. The van der Waals surface area contributed by atoms with Crippen molar-refractivity contribution in [3.63, 3.8) is 0 Å². The summed E-state index contributed by atoms with van der Waals surface area (Å²) < 4.78 is 16.0. The van der Waals surface area contributed by atoms with Gasteiger partial charge in [-0.05, 0) is 48.5 Å². The molecule has 0 unspecified atom stereocenters. The fraction of sp³-hybridized carbons (Fsp3) is 0.0435. The highest BCUT2D eigenvalue weighted by Gasteiger charge is 2.14. The standard InChI is InChI=1S/C23H22N6O5/c1-32-17-10-18(33-20(30)13-2-6-15(7-3-13)28-22(24)25)12-19(11-17)34-21(31)14-4-8-16(9-5-14)29-23(26)27/h2-12H,1H3,(H4,24,25,28)(H4,26,27,29). The van der Waals surface area contributed by atoms with Crippen molar-refractivity contribution >= 4 is 35.2 Å². The molecule has 8 N–H and O–H groups in total. The molecule has 3 rings (SSSR count). The Kier molecular flexibility index (Phi) is 7.29. The first kappa shape index (κ1) is 23.6. The number of carbonyl (C=O) groups excluding carboxylic acids is 2. The maximum Gasteiger partial charge on any atom is 0.343 e. The van der Waals surface area contributed by atoms with Gasteiger partial charge >= 0.3 is 11.9 Å². The minimum absolute atomic E-state index is 0.110. The summed E-state index contributed by atoms with van der Waals surface area (Å²) in [5, 5.41) is 19.7. The Labute approximate surface area is 194 Å². The van der Waals surface area contributed by atoms with E-state index >= 15 is 0 Å². The summed E-state index contributed by atoms with van der Waals surface area (Å²) in [6.07, 6.45) is 0. The molecule has 0 radical (unpaired) electrons. The van der Waals surface area contributed by atoms with E-state index in [-0.39, 0.29) is 34.5 Å². The van der Waals surface area contributed by atoms with Crippen LogP contribution in [0.1, 0.15) is 20.7 Å². The van der Waals surface area contributed by atoms with Gasteiger partial charge in [0.15, 0.2) is 11.9 Å². The van der Waals surface area contributed by atoms with E-state index < -0.39 is 11.9 Å². The molecule has 0 atom stereocenters. The zero-order chi connectivity index (χ0) is 24.7. The van der Waals surface area contributed by atoms with Crippen molar-refractivity contribution < 1.29 is 23.8 Å². The number of carbonyl (C=O) groups is 2. The molecule has 0 spiro atoms. The van der Waals surface area contributed by atoms with Crippen LogP contribution >= 0.6 is 0 Å². The van der Waals surface area contributed by atoms with Gasteiger partial charge in [0.2, 0.25) is 0 Å². The molecule has 0 aromatic heterocycles. The topological polar surface area (TPSA) is 186 Å². The molecule has 0 saturated heterocycles. The average molecular weight is 462 g/mol. The van der Waals surface area contributed by atoms with Crippen LogP contribution in [0.4, 0.5) is 11.4 Å². The van der Waals surface area contributed by atoms with Gasteiger partial charge in [-0.1, -0.05) is 0 Å². The average Bonchev–Trinajstić information content (AvgIpc) is 2.79. The molecule has 0 aliphatic rings. The molecule has 0 amide bonds. The predicted octanol–water partition coefficient (Wildman–Crippen LogP) is 2.74. The highest BCUT2D eigenvalue weighted by Crippen LogP contribution is 2.29. The fourth-order valence-corrected chi connectivity index (χ4v) is 2.80. The molecule has 34 heavy (non-hydrogen) atoms. The van der Waals surface area contributed by atoms with Gasteiger partial charge in [-0.15, -0.1) is 0 Å². The third-order valence-corrected chi connectivity index (χ3v) is 4.31. The number of esters is 2. The zero-order valence-electron chi connectivity index (χ0n) is 18.0. The normalized spacial score (nSPS) is 10.0. The highest BCUT2D eigenvalue weighted by atomic mass is 16.5.